The van der Waals surface area contributed by atoms with Crippen molar-refractivity contribution in [2.75, 3.05) is 0 Å². The van der Waals surface area contributed by atoms with Crippen molar-refractivity contribution in [3.05, 3.63) is 79.0 Å². The molecule has 0 fully saturated rings. The highest BCUT2D eigenvalue weighted by molar-refractivity contribution is 6.32. The molecule has 0 radical (unpaired) electrons. The summed E-state index contributed by atoms with van der Waals surface area (Å²) in [5.74, 6) is 0. The second-order valence-electron chi connectivity index (χ2n) is 6.25. The Balaban J connectivity index is 2.01. The molecule has 0 amide bonds. The molecule has 0 saturated carbocycles. The van der Waals surface area contributed by atoms with E-state index in [1.54, 1.807) is 0 Å². The lowest BCUT2D eigenvalue weighted by Gasteiger charge is -2.08. The highest BCUT2D eigenvalue weighted by Crippen LogP contribution is 2.34. The number of rotatable bonds is 1. The molecule has 112 valence electrons. The average Bonchev–Trinajstić information content (AvgIpc) is 3.02. The molecule has 2 aromatic carbocycles. The van der Waals surface area contributed by atoms with Crippen molar-refractivity contribution >= 4 is 40.6 Å². The number of hydrogen-bond acceptors (Lipinski definition) is 1. The minimum absolute atomic E-state index is 1.04. The molecule has 0 aliphatic rings. The summed E-state index contributed by atoms with van der Waals surface area (Å²) in [4.78, 5) is 5.00. The number of aromatic nitrogens is 2. The van der Waals surface area contributed by atoms with Gasteiger partial charge in [-0.3, -0.25) is 0 Å². The van der Waals surface area contributed by atoms with Crippen LogP contribution >= 0.6 is 0 Å². The van der Waals surface area contributed by atoms with Crippen LogP contribution in [0.5, 0.6) is 0 Å². The molecule has 0 saturated heterocycles. The van der Waals surface area contributed by atoms with Crippen molar-refractivity contribution in [3.8, 4) is 11.3 Å². The van der Waals surface area contributed by atoms with E-state index in [9.17, 15) is 0 Å². The third kappa shape index (κ3) is 1.88. The molecule has 0 bridgehead atoms. The van der Waals surface area contributed by atoms with Gasteiger partial charge in [-0.2, -0.15) is 0 Å². The maximum atomic E-state index is 5.00. The molecule has 0 N–H and O–H groups in total. The van der Waals surface area contributed by atoms with E-state index >= 15 is 0 Å². The summed E-state index contributed by atoms with van der Waals surface area (Å²) in [5, 5.41) is 2.45. The Morgan fingerprint density at radius 3 is 2.46 bits per heavy atom. The van der Waals surface area contributed by atoms with Crippen LogP contribution in [0.4, 0.5) is 0 Å². The smallest absolute Gasteiger partial charge is 0.139 e. The summed E-state index contributed by atoms with van der Waals surface area (Å²) in [6.45, 7) is 0. The fourth-order valence-corrected chi connectivity index (χ4v) is 3.46. The topological polar surface area (TPSA) is 17.3 Å². The zero-order valence-corrected chi connectivity index (χ0v) is 13.4. The van der Waals surface area contributed by atoms with Crippen molar-refractivity contribution in [2.45, 2.75) is 0 Å². The molecule has 0 atom stereocenters. The van der Waals surface area contributed by atoms with Crippen LogP contribution in [0.1, 0.15) is 0 Å². The van der Waals surface area contributed by atoms with Gasteiger partial charge in [0.25, 0.3) is 0 Å². The van der Waals surface area contributed by atoms with Crippen molar-refractivity contribution in [1.29, 1.82) is 0 Å². The normalized spacial score (nSPS) is 11.5. The summed E-state index contributed by atoms with van der Waals surface area (Å²) in [6.07, 6.45) is 2.12. The van der Waals surface area contributed by atoms with Crippen LogP contribution in [0.3, 0.4) is 0 Å². The molecule has 3 heteroatoms. The summed E-state index contributed by atoms with van der Waals surface area (Å²) in [6, 6.07) is 25.6. The van der Waals surface area contributed by atoms with Crippen molar-refractivity contribution < 1.29 is 0 Å². The molecular formula is C21H15BN2. The maximum Gasteiger partial charge on any atom is 0.139 e. The fourth-order valence-electron chi connectivity index (χ4n) is 3.46. The van der Waals surface area contributed by atoms with Gasteiger partial charge < -0.3 is 4.40 Å². The Kier molecular flexibility index (Phi) is 2.77. The monoisotopic (exact) mass is 306 g/mol. The lowest BCUT2D eigenvalue weighted by molar-refractivity contribution is 1.24. The zero-order valence-electron chi connectivity index (χ0n) is 13.4. The number of pyridine rings is 2. The van der Waals surface area contributed by atoms with Crippen LogP contribution in [-0.4, -0.2) is 17.2 Å². The lowest BCUT2D eigenvalue weighted by Crippen LogP contribution is -2.00. The van der Waals surface area contributed by atoms with Crippen molar-refractivity contribution in [1.82, 2.24) is 9.38 Å². The molecular weight excluding hydrogens is 291 g/mol. The Bertz CT molecular complexity index is 1200. The molecule has 3 heterocycles. The molecule has 0 spiro atoms. The third-order valence-corrected chi connectivity index (χ3v) is 4.66. The van der Waals surface area contributed by atoms with Gasteiger partial charge in [0.1, 0.15) is 7.85 Å². The van der Waals surface area contributed by atoms with Gasteiger partial charge in [0.05, 0.1) is 16.7 Å². The Labute approximate surface area is 140 Å². The van der Waals surface area contributed by atoms with Crippen molar-refractivity contribution in [3.63, 3.8) is 0 Å². The van der Waals surface area contributed by atoms with Crippen LogP contribution < -0.4 is 5.46 Å². The molecule has 3 aromatic heterocycles. The van der Waals surface area contributed by atoms with E-state index in [-0.39, 0.29) is 0 Å². The number of fused-ring (bicyclic) bond motifs is 5. The second-order valence-corrected chi connectivity index (χ2v) is 6.25. The number of hydrogen-bond donors (Lipinski definition) is 0. The van der Waals surface area contributed by atoms with Gasteiger partial charge in [-0.05, 0) is 24.3 Å². The van der Waals surface area contributed by atoms with E-state index in [2.05, 4.69) is 91.2 Å². The van der Waals surface area contributed by atoms with Gasteiger partial charge in [0.15, 0.2) is 0 Å². The molecule has 0 aliphatic carbocycles. The van der Waals surface area contributed by atoms with Crippen LogP contribution in [-0.2, 0) is 0 Å². The largest absolute Gasteiger partial charge is 0.315 e. The number of para-hydroxylation sites is 1. The molecule has 5 rings (SSSR count). The molecule has 2 nitrogen and oxygen atoms in total. The first-order chi connectivity index (χ1) is 11.8. The van der Waals surface area contributed by atoms with Gasteiger partial charge in [-0.15, -0.1) is 0 Å². The summed E-state index contributed by atoms with van der Waals surface area (Å²) < 4.78 is 2.24. The number of benzene rings is 2. The Morgan fingerprint density at radius 1 is 0.792 bits per heavy atom. The summed E-state index contributed by atoms with van der Waals surface area (Å²) >= 11 is 0. The van der Waals surface area contributed by atoms with E-state index in [1.807, 2.05) is 0 Å². The van der Waals surface area contributed by atoms with Gasteiger partial charge in [0.2, 0.25) is 0 Å². The molecule has 24 heavy (non-hydrogen) atoms. The zero-order chi connectivity index (χ0) is 16.1. The minimum atomic E-state index is 1.04. The Morgan fingerprint density at radius 2 is 1.58 bits per heavy atom. The van der Waals surface area contributed by atoms with E-state index < -0.39 is 0 Å². The van der Waals surface area contributed by atoms with Gasteiger partial charge in [-0.1, -0.05) is 54.0 Å². The summed E-state index contributed by atoms with van der Waals surface area (Å²) in [7, 11) is 2.11. The summed E-state index contributed by atoms with van der Waals surface area (Å²) in [5.41, 5.74) is 6.86. The molecule has 0 unspecified atom stereocenters. The van der Waals surface area contributed by atoms with E-state index in [0.29, 0.717) is 0 Å². The Hall–Kier alpha value is -3.07. The van der Waals surface area contributed by atoms with Gasteiger partial charge >= 0.3 is 0 Å². The van der Waals surface area contributed by atoms with E-state index in [4.69, 9.17) is 4.98 Å². The first kappa shape index (κ1) is 13.4. The van der Waals surface area contributed by atoms with E-state index in [0.717, 1.165) is 16.8 Å². The SMILES string of the molecule is Bc1ccc(-c2nc3ccccc3c3cc4ccccn4c23)cc1. The number of nitrogens with zero attached hydrogens (tertiary/aromatic N) is 2. The van der Waals surface area contributed by atoms with Crippen LogP contribution in [0.15, 0.2) is 79.0 Å². The highest BCUT2D eigenvalue weighted by atomic mass is 14.9. The van der Waals surface area contributed by atoms with Gasteiger partial charge in [-0.25, -0.2) is 4.98 Å². The quantitative estimate of drug-likeness (QED) is 0.433. The van der Waals surface area contributed by atoms with Crippen LogP contribution in [0, 0.1) is 0 Å². The molecule has 5 aromatic rings. The van der Waals surface area contributed by atoms with Crippen LogP contribution in [0.2, 0.25) is 0 Å². The van der Waals surface area contributed by atoms with Crippen LogP contribution in [0.25, 0.3) is 38.6 Å². The van der Waals surface area contributed by atoms with Crippen molar-refractivity contribution in [2.24, 2.45) is 0 Å². The fraction of sp³-hybridized carbons (Fsp3) is 0. The highest BCUT2D eigenvalue weighted by Gasteiger charge is 2.14. The van der Waals surface area contributed by atoms with E-state index in [1.165, 1.54) is 27.3 Å². The first-order valence-corrected chi connectivity index (χ1v) is 8.17. The van der Waals surface area contributed by atoms with Gasteiger partial charge in [0, 0.05) is 28.0 Å². The lowest BCUT2D eigenvalue weighted by atomic mass is 9.94. The third-order valence-electron chi connectivity index (χ3n) is 4.66. The second kappa shape index (κ2) is 4.97. The maximum absolute atomic E-state index is 5.00. The minimum Gasteiger partial charge on any atom is -0.315 e. The first-order valence-electron chi connectivity index (χ1n) is 8.17. The standard InChI is InChI=1S/C21H15BN2/c22-15-10-8-14(9-11-15)20-21-18(13-16-5-3-4-12-24(16)21)17-6-1-2-7-19(17)23-20/h1-13H,22H2. The average molecular weight is 306 g/mol. The predicted molar refractivity (Wildman–Crippen MR) is 104 cm³/mol. The molecule has 0 aliphatic heterocycles. The predicted octanol–water partition coefficient (Wildman–Crippen LogP) is 3.57.